The molecule has 2 rings (SSSR count). The third kappa shape index (κ3) is 3.68. The average Bonchev–Trinajstić information content (AvgIpc) is 2.46. The van der Waals surface area contributed by atoms with Crippen molar-refractivity contribution in [3.8, 4) is 5.75 Å². The molecular weight excluding hydrogens is 294 g/mol. The number of aromatic nitrogens is 1. The minimum atomic E-state index is -0.493. The smallest absolute Gasteiger partial charge is 0.270 e. The zero-order chi connectivity index (χ0) is 15.4. The highest BCUT2D eigenvalue weighted by Crippen LogP contribution is 2.24. The van der Waals surface area contributed by atoms with Gasteiger partial charge in [-0.2, -0.15) is 0 Å². The lowest BCUT2D eigenvalue weighted by Crippen LogP contribution is -2.06. The Balaban J connectivity index is 2.15. The molecule has 0 spiro atoms. The third-order valence-corrected chi connectivity index (χ3v) is 3.25. The van der Waals surface area contributed by atoms with Crippen LogP contribution in [0, 0.1) is 17.0 Å². The molecule has 6 nitrogen and oxygen atoms in total. The van der Waals surface area contributed by atoms with Crippen LogP contribution in [-0.4, -0.2) is 9.91 Å². The Bertz CT molecular complexity index is 677. The molecule has 2 N–H and O–H groups in total. The van der Waals surface area contributed by atoms with Gasteiger partial charge in [-0.05, 0) is 25.1 Å². The molecule has 0 aliphatic heterocycles. The number of nitrogens with zero attached hydrogens (tertiary/aromatic N) is 2. The van der Waals surface area contributed by atoms with E-state index in [2.05, 4.69) is 4.98 Å². The highest BCUT2D eigenvalue weighted by molar-refractivity contribution is 6.31. The van der Waals surface area contributed by atoms with E-state index < -0.39 is 4.92 Å². The van der Waals surface area contributed by atoms with Crippen molar-refractivity contribution in [2.45, 2.75) is 20.1 Å². The highest BCUT2D eigenvalue weighted by Gasteiger charge is 2.11. The number of hydrogen-bond donors (Lipinski definition) is 1. The molecule has 2 aromatic rings. The average molecular weight is 308 g/mol. The summed E-state index contributed by atoms with van der Waals surface area (Å²) < 4.78 is 5.65. The van der Waals surface area contributed by atoms with Gasteiger partial charge < -0.3 is 10.5 Å². The summed E-state index contributed by atoms with van der Waals surface area (Å²) in [6, 6.07) is 7.89. The van der Waals surface area contributed by atoms with E-state index in [1.54, 1.807) is 12.1 Å². The van der Waals surface area contributed by atoms with E-state index >= 15 is 0 Å². The first-order valence-electron chi connectivity index (χ1n) is 6.23. The van der Waals surface area contributed by atoms with Gasteiger partial charge in [-0.25, -0.2) is 0 Å². The molecule has 21 heavy (non-hydrogen) atoms. The van der Waals surface area contributed by atoms with E-state index in [1.807, 2.05) is 13.0 Å². The molecule has 0 aliphatic carbocycles. The maximum atomic E-state index is 10.7. The predicted molar refractivity (Wildman–Crippen MR) is 79.3 cm³/mol. The molecule has 1 heterocycles. The van der Waals surface area contributed by atoms with Gasteiger partial charge in [0.2, 0.25) is 0 Å². The first-order valence-corrected chi connectivity index (χ1v) is 6.61. The SMILES string of the molecule is Cc1ccc(OCc2ccc([N+](=O)[O-])cc2Cl)c(CN)n1. The number of nitro groups is 1. The number of ether oxygens (including phenoxy) is 1. The number of nitro benzene ring substituents is 1. The van der Waals surface area contributed by atoms with E-state index in [9.17, 15) is 10.1 Å². The summed E-state index contributed by atoms with van der Waals surface area (Å²) in [5, 5.41) is 10.9. The van der Waals surface area contributed by atoms with Gasteiger partial charge in [0.15, 0.2) is 0 Å². The monoisotopic (exact) mass is 307 g/mol. The molecule has 0 atom stereocenters. The zero-order valence-corrected chi connectivity index (χ0v) is 12.1. The Hall–Kier alpha value is -2.18. The van der Waals surface area contributed by atoms with Crippen molar-refractivity contribution >= 4 is 17.3 Å². The summed E-state index contributed by atoms with van der Waals surface area (Å²) in [4.78, 5) is 14.5. The first kappa shape index (κ1) is 15.2. The van der Waals surface area contributed by atoms with Crippen molar-refractivity contribution in [2.24, 2.45) is 5.73 Å². The van der Waals surface area contributed by atoms with Gasteiger partial charge in [-0.1, -0.05) is 11.6 Å². The van der Waals surface area contributed by atoms with Crippen molar-refractivity contribution in [3.05, 3.63) is 62.4 Å². The largest absolute Gasteiger partial charge is 0.487 e. The highest BCUT2D eigenvalue weighted by atomic mass is 35.5. The topological polar surface area (TPSA) is 91.3 Å². The van der Waals surface area contributed by atoms with Gasteiger partial charge in [-0.15, -0.1) is 0 Å². The lowest BCUT2D eigenvalue weighted by atomic mass is 10.2. The molecule has 1 aromatic carbocycles. The van der Waals surface area contributed by atoms with Gasteiger partial charge in [0, 0.05) is 29.9 Å². The second-order valence-corrected chi connectivity index (χ2v) is 4.83. The van der Waals surface area contributed by atoms with Crippen LogP contribution in [0.2, 0.25) is 5.02 Å². The molecule has 1 aromatic heterocycles. The Morgan fingerprint density at radius 2 is 2.14 bits per heavy atom. The van der Waals surface area contributed by atoms with Crippen molar-refractivity contribution in [1.82, 2.24) is 4.98 Å². The molecule has 110 valence electrons. The van der Waals surface area contributed by atoms with E-state index in [-0.39, 0.29) is 18.8 Å². The van der Waals surface area contributed by atoms with E-state index in [0.717, 1.165) is 5.69 Å². The third-order valence-electron chi connectivity index (χ3n) is 2.90. The summed E-state index contributed by atoms with van der Waals surface area (Å²) in [6.07, 6.45) is 0. The van der Waals surface area contributed by atoms with E-state index in [1.165, 1.54) is 12.1 Å². The molecule has 0 fully saturated rings. The molecule has 0 saturated heterocycles. The Kier molecular flexibility index (Phi) is 4.72. The van der Waals surface area contributed by atoms with Crippen LogP contribution >= 0.6 is 11.6 Å². The molecule has 7 heteroatoms. The minimum absolute atomic E-state index is 0.0524. The summed E-state index contributed by atoms with van der Waals surface area (Å²) in [5.41, 5.74) is 7.75. The standard InChI is InChI=1S/C14H14ClN3O3/c1-9-2-5-14(13(7-16)17-9)21-8-10-3-4-11(18(19)20)6-12(10)15/h2-6H,7-8,16H2,1H3. The number of benzene rings is 1. The fourth-order valence-corrected chi connectivity index (χ4v) is 2.03. The van der Waals surface area contributed by atoms with Crippen LogP contribution < -0.4 is 10.5 Å². The molecule has 0 saturated carbocycles. The minimum Gasteiger partial charge on any atom is -0.487 e. The van der Waals surface area contributed by atoms with Crippen molar-refractivity contribution in [2.75, 3.05) is 0 Å². The van der Waals surface area contributed by atoms with Gasteiger partial charge in [-0.3, -0.25) is 15.1 Å². The number of pyridine rings is 1. The normalized spacial score (nSPS) is 10.4. The molecule has 0 aliphatic rings. The number of rotatable bonds is 5. The van der Waals surface area contributed by atoms with Crippen LogP contribution in [0.4, 0.5) is 5.69 Å². The summed E-state index contributed by atoms with van der Waals surface area (Å²) in [5.74, 6) is 0.581. The van der Waals surface area contributed by atoms with Gasteiger partial charge in [0.1, 0.15) is 12.4 Å². The van der Waals surface area contributed by atoms with Gasteiger partial charge in [0.05, 0.1) is 15.6 Å². The van der Waals surface area contributed by atoms with E-state index in [0.29, 0.717) is 22.0 Å². The molecule has 0 unspecified atom stereocenters. The maximum absolute atomic E-state index is 10.7. The van der Waals surface area contributed by atoms with Crippen molar-refractivity contribution < 1.29 is 9.66 Å². The Labute approximate surface area is 126 Å². The van der Waals surface area contributed by atoms with Crippen LogP contribution in [0.15, 0.2) is 30.3 Å². The zero-order valence-electron chi connectivity index (χ0n) is 11.4. The quantitative estimate of drug-likeness (QED) is 0.677. The first-order chi connectivity index (χ1) is 10.0. The number of aryl methyl sites for hydroxylation is 1. The fraction of sp³-hybridized carbons (Fsp3) is 0.214. The summed E-state index contributed by atoms with van der Waals surface area (Å²) >= 11 is 6.01. The fourth-order valence-electron chi connectivity index (χ4n) is 1.80. The molecule has 0 bridgehead atoms. The second-order valence-electron chi connectivity index (χ2n) is 4.42. The lowest BCUT2D eigenvalue weighted by molar-refractivity contribution is -0.384. The van der Waals surface area contributed by atoms with Crippen LogP contribution in [0.25, 0.3) is 0 Å². The van der Waals surface area contributed by atoms with E-state index in [4.69, 9.17) is 22.1 Å². The summed E-state index contributed by atoms with van der Waals surface area (Å²) in [7, 11) is 0. The van der Waals surface area contributed by atoms with Crippen LogP contribution in [-0.2, 0) is 13.2 Å². The number of halogens is 1. The Morgan fingerprint density at radius 1 is 1.38 bits per heavy atom. The van der Waals surface area contributed by atoms with Gasteiger partial charge in [0.25, 0.3) is 5.69 Å². The maximum Gasteiger partial charge on any atom is 0.270 e. The molecular formula is C14H14ClN3O3. The van der Waals surface area contributed by atoms with Gasteiger partial charge >= 0.3 is 0 Å². The van der Waals surface area contributed by atoms with Crippen molar-refractivity contribution in [1.29, 1.82) is 0 Å². The van der Waals surface area contributed by atoms with Crippen LogP contribution in [0.3, 0.4) is 0 Å². The van der Waals surface area contributed by atoms with Crippen LogP contribution in [0.1, 0.15) is 17.0 Å². The number of hydrogen-bond acceptors (Lipinski definition) is 5. The number of nitrogens with two attached hydrogens (primary N) is 1. The predicted octanol–water partition coefficient (Wildman–Crippen LogP) is 2.99. The molecule has 0 radical (unpaired) electrons. The van der Waals surface area contributed by atoms with Crippen LogP contribution in [0.5, 0.6) is 5.75 Å². The second kappa shape index (κ2) is 6.51. The van der Waals surface area contributed by atoms with Crippen molar-refractivity contribution in [3.63, 3.8) is 0 Å². The Morgan fingerprint density at radius 3 is 2.76 bits per heavy atom. The lowest BCUT2D eigenvalue weighted by Gasteiger charge is -2.11. The summed E-state index contributed by atoms with van der Waals surface area (Å²) in [6.45, 7) is 2.33. The number of non-ortho nitro benzene ring substituents is 1. The molecule has 0 amide bonds.